The van der Waals surface area contributed by atoms with Crippen LogP contribution in [0.4, 0.5) is 5.69 Å². The highest BCUT2D eigenvalue weighted by atomic mass is 35.5. The van der Waals surface area contributed by atoms with Crippen molar-refractivity contribution in [2.24, 2.45) is 5.41 Å². The van der Waals surface area contributed by atoms with Crippen molar-refractivity contribution in [2.75, 3.05) is 31.1 Å². The molecular weight excluding hydrogens is 340 g/mol. The summed E-state index contributed by atoms with van der Waals surface area (Å²) in [7, 11) is 0. The average Bonchev–Trinajstić information content (AvgIpc) is 3.19. The van der Waals surface area contributed by atoms with E-state index in [4.69, 9.17) is 11.6 Å². The third kappa shape index (κ3) is 3.85. The Morgan fingerprint density at radius 2 is 2.12 bits per heavy atom. The Kier molecular flexibility index (Phi) is 5.66. The minimum Gasteiger partial charge on any atom is -0.371 e. The van der Waals surface area contributed by atoms with Crippen LogP contribution in [0.25, 0.3) is 0 Å². The molecule has 0 aromatic heterocycles. The average molecular weight is 367 g/mol. The van der Waals surface area contributed by atoms with Crippen LogP contribution in [0, 0.1) is 5.41 Å². The zero-order valence-electron chi connectivity index (χ0n) is 14.4. The second-order valence-corrected chi connectivity index (χ2v) is 8.38. The van der Waals surface area contributed by atoms with Crippen LogP contribution < -0.4 is 4.90 Å². The number of hydrogen-bond acceptors (Lipinski definition) is 3. The van der Waals surface area contributed by atoms with E-state index < -0.39 is 0 Å². The maximum absolute atomic E-state index is 12.6. The van der Waals surface area contributed by atoms with Crippen molar-refractivity contribution in [1.82, 2.24) is 4.90 Å². The normalized spacial score (nSPS) is 24.8. The molecule has 0 radical (unpaired) electrons. The van der Waals surface area contributed by atoms with E-state index in [2.05, 4.69) is 35.4 Å². The first-order valence-electron chi connectivity index (χ1n) is 9.00. The SMILES string of the molecule is CCCCC(S)C(=O)N1CCC2(CCN(c3cccc(Cl)c3)C2)C1. The van der Waals surface area contributed by atoms with Gasteiger partial charge in [0.25, 0.3) is 0 Å². The van der Waals surface area contributed by atoms with E-state index >= 15 is 0 Å². The van der Waals surface area contributed by atoms with Crippen LogP contribution in [0.5, 0.6) is 0 Å². The molecule has 2 fully saturated rings. The molecule has 1 spiro atoms. The van der Waals surface area contributed by atoms with Crippen molar-refractivity contribution in [3.8, 4) is 0 Å². The third-order valence-corrected chi connectivity index (χ3v) is 6.19. The molecule has 24 heavy (non-hydrogen) atoms. The number of thiol groups is 1. The maximum atomic E-state index is 12.6. The van der Waals surface area contributed by atoms with Crippen LogP contribution in [0.2, 0.25) is 5.02 Å². The van der Waals surface area contributed by atoms with Gasteiger partial charge in [-0.2, -0.15) is 12.6 Å². The Morgan fingerprint density at radius 3 is 2.88 bits per heavy atom. The molecule has 2 aliphatic rings. The van der Waals surface area contributed by atoms with Crippen molar-refractivity contribution in [3.05, 3.63) is 29.3 Å². The fourth-order valence-electron chi connectivity index (χ4n) is 4.02. The molecule has 0 N–H and O–H groups in total. The zero-order valence-corrected chi connectivity index (χ0v) is 16.0. The van der Waals surface area contributed by atoms with Crippen LogP contribution in [0.3, 0.4) is 0 Å². The van der Waals surface area contributed by atoms with Crippen LogP contribution in [-0.4, -0.2) is 42.2 Å². The molecule has 3 rings (SSSR count). The fourth-order valence-corrected chi connectivity index (χ4v) is 4.55. The summed E-state index contributed by atoms with van der Waals surface area (Å²) in [5, 5.41) is 0.649. The topological polar surface area (TPSA) is 23.6 Å². The van der Waals surface area contributed by atoms with Gasteiger partial charge in [-0.05, 0) is 37.5 Å². The zero-order chi connectivity index (χ0) is 17.2. The lowest BCUT2D eigenvalue weighted by Gasteiger charge is -2.26. The van der Waals surface area contributed by atoms with Crippen molar-refractivity contribution >= 4 is 35.8 Å². The van der Waals surface area contributed by atoms with Gasteiger partial charge in [0.2, 0.25) is 5.91 Å². The van der Waals surface area contributed by atoms with Crippen LogP contribution >= 0.6 is 24.2 Å². The first-order chi connectivity index (χ1) is 11.5. The maximum Gasteiger partial charge on any atom is 0.235 e. The number of unbranched alkanes of at least 4 members (excludes halogenated alkanes) is 1. The lowest BCUT2D eigenvalue weighted by Crippen LogP contribution is -2.38. The van der Waals surface area contributed by atoms with E-state index in [9.17, 15) is 4.79 Å². The number of anilines is 1. The fraction of sp³-hybridized carbons (Fsp3) is 0.632. The first kappa shape index (κ1) is 17.9. The third-order valence-electron chi connectivity index (χ3n) is 5.48. The minimum absolute atomic E-state index is 0.134. The summed E-state index contributed by atoms with van der Waals surface area (Å²) in [5.41, 5.74) is 1.44. The second-order valence-electron chi connectivity index (χ2n) is 7.32. The second kappa shape index (κ2) is 7.57. The number of nitrogens with zero attached hydrogens (tertiary/aromatic N) is 2. The van der Waals surface area contributed by atoms with E-state index in [0.29, 0.717) is 0 Å². The molecule has 0 bridgehead atoms. The van der Waals surface area contributed by atoms with Gasteiger partial charge in [-0.3, -0.25) is 4.79 Å². The Balaban J connectivity index is 1.60. The van der Waals surface area contributed by atoms with E-state index in [-0.39, 0.29) is 16.6 Å². The number of benzene rings is 1. The van der Waals surface area contributed by atoms with Crippen LogP contribution in [0.1, 0.15) is 39.0 Å². The van der Waals surface area contributed by atoms with Gasteiger partial charge in [0.15, 0.2) is 0 Å². The van der Waals surface area contributed by atoms with Gasteiger partial charge in [-0.15, -0.1) is 0 Å². The quantitative estimate of drug-likeness (QED) is 0.787. The molecule has 0 aliphatic carbocycles. The Morgan fingerprint density at radius 1 is 1.33 bits per heavy atom. The van der Waals surface area contributed by atoms with Gasteiger partial charge in [0, 0.05) is 42.3 Å². The van der Waals surface area contributed by atoms with Gasteiger partial charge in [-0.1, -0.05) is 37.4 Å². The standard InChI is InChI=1S/C19H27ClN2OS/c1-2-3-7-17(24)18(23)22-11-9-19(14-22)8-10-21(13-19)16-6-4-5-15(20)12-16/h4-6,12,17,24H,2-3,7-11,13-14H2,1H3. The molecule has 1 amide bonds. The highest BCUT2D eigenvalue weighted by molar-refractivity contribution is 7.81. The van der Waals surface area contributed by atoms with Gasteiger partial charge >= 0.3 is 0 Å². The summed E-state index contributed by atoms with van der Waals surface area (Å²) >= 11 is 10.7. The molecule has 2 saturated heterocycles. The molecule has 2 heterocycles. The monoisotopic (exact) mass is 366 g/mol. The summed E-state index contributed by atoms with van der Waals surface area (Å²) in [6.07, 6.45) is 5.32. The van der Waals surface area contributed by atoms with Crippen molar-refractivity contribution in [3.63, 3.8) is 0 Å². The van der Waals surface area contributed by atoms with Crippen molar-refractivity contribution in [2.45, 2.75) is 44.3 Å². The van der Waals surface area contributed by atoms with E-state index in [0.717, 1.165) is 63.3 Å². The number of likely N-dealkylation sites (tertiary alicyclic amines) is 1. The van der Waals surface area contributed by atoms with Gasteiger partial charge in [-0.25, -0.2) is 0 Å². The molecule has 2 aliphatic heterocycles. The molecule has 1 aromatic rings. The molecule has 2 unspecified atom stereocenters. The summed E-state index contributed by atoms with van der Waals surface area (Å²) < 4.78 is 0. The Bertz CT molecular complexity index is 596. The number of rotatable bonds is 5. The van der Waals surface area contributed by atoms with Crippen LogP contribution in [0.15, 0.2) is 24.3 Å². The molecule has 1 aromatic carbocycles. The number of halogens is 1. The highest BCUT2D eigenvalue weighted by Gasteiger charge is 2.45. The minimum atomic E-state index is -0.134. The molecule has 5 heteroatoms. The number of carbonyl (C=O) groups excluding carboxylic acids is 1. The first-order valence-corrected chi connectivity index (χ1v) is 9.90. The van der Waals surface area contributed by atoms with Crippen molar-refractivity contribution < 1.29 is 4.79 Å². The molecular formula is C19H27ClN2OS. The molecule has 0 saturated carbocycles. The number of hydrogen-bond donors (Lipinski definition) is 1. The van der Waals surface area contributed by atoms with Crippen molar-refractivity contribution in [1.29, 1.82) is 0 Å². The summed E-state index contributed by atoms with van der Waals surface area (Å²) in [4.78, 5) is 17.1. The predicted molar refractivity (Wildman–Crippen MR) is 104 cm³/mol. The lowest BCUT2D eigenvalue weighted by molar-refractivity contribution is -0.130. The molecule has 3 nitrogen and oxygen atoms in total. The molecule has 132 valence electrons. The van der Waals surface area contributed by atoms with E-state index in [1.165, 1.54) is 5.69 Å². The summed E-state index contributed by atoms with van der Waals surface area (Å²) in [5.74, 6) is 0.227. The lowest BCUT2D eigenvalue weighted by atomic mass is 9.86. The van der Waals surface area contributed by atoms with E-state index in [1.54, 1.807) is 0 Å². The predicted octanol–water partition coefficient (Wildman–Crippen LogP) is 4.26. The number of carbonyl (C=O) groups is 1. The highest BCUT2D eigenvalue weighted by Crippen LogP contribution is 2.41. The van der Waals surface area contributed by atoms with Crippen LogP contribution in [-0.2, 0) is 4.79 Å². The number of amides is 1. The largest absolute Gasteiger partial charge is 0.371 e. The smallest absolute Gasteiger partial charge is 0.235 e. The van der Waals surface area contributed by atoms with E-state index in [1.807, 2.05) is 18.2 Å². The molecule has 2 atom stereocenters. The summed E-state index contributed by atoms with van der Waals surface area (Å²) in [6, 6.07) is 8.08. The van der Waals surface area contributed by atoms with Gasteiger partial charge in [0.05, 0.1) is 5.25 Å². The summed E-state index contributed by atoms with van der Waals surface area (Å²) in [6.45, 7) is 5.97. The van der Waals surface area contributed by atoms with Gasteiger partial charge < -0.3 is 9.80 Å². The Hall–Kier alpha value is -0.870. The Labute approximate surface area is 155 Å². The van der Waals surface area contributed by atoms with Gasteiger partial charge in [0.1, 0.15) is 0 Å².